The Morgan fingerprint density at radius 1 is 0.303 bits per heavy atom. The Balaban J connectivity index is 0.865. The van der Waals surface area contributed by atoms with Gasteiger partial charge in [0.15, 0.2) is 0 Å². The van der Waals surface area contributed by atoms with Crippen molar-refractivity contribution < 1.29 is 33.3 Å². The van der Waals surface area contributed by atoms with Crippen LogP contribution in [0.4, 0.5) is 0 Å². The third kappa shape index (κ3) is 2.24. The van der Waals surface area contributed by atoms with Gasteiger partial charge in [0.1, 0.15) is 35.6 Å². The predicted molar refractivity (Wildman–Crippen MR) is 354 cm³/mol. The summed E-state index contributed by atoms with van der Waals surface area (Å²) in [4.78, 5) is 26.7. The molecule has 7 heteroatoms. The minimum atomic E-state index is -0.980. The van der Waals surface area contributed by atoms with E-state index in [2.05, 4.69) is 36.4 Å². The van der Waals surface area contributed by atoms with Crippen LogP contribution < -0.4 is 0 Å². The molecule has 29 aromatic carbocycles. The zero-order valence-corrected chi connectivity index (χ0v) is 46.6. The van der Waals surface area contributed by atoms with E-state index in [1.807, 2.05) is 0 Å². The minimum absolute atomic E-state index is 0.0937. The van der Waals surface area contributed by atoms with Gasteiger partial charge in [-0.25, -0.2) is 0 Å². The maximum absolute atomic E-state index is 14.2. The average molecular weight is 1120 g/mol. The Morgan fingerprint density at radius 2 is 0.528 bits per heavy atom. The Morgan fingerprint density at radius 3 is 0.787 bits per heavy atom. The lowest BCUT2D eigenvalue weighted by molar-refractivity contribution is -0.169. The highest BCUT2D eigenvalue weighted by molar-refractivity contribution is 6.82. The molecule has 7 nitrogen and oxygen atoms in total. The van der Waals surface area contributed by atoms with Gasteiger partial charge < -0.3 is 23.7 Å². The number of carbonyl (C=O) groups is 2. The Bertz CT molecular complexity index is 8190. The van der Waals surface area contributed by atoms with Crippen LogP contribution in [0.2, 0.25) is 0 Å². The van der Waals surface area contributed by atoms with E-state index in [-0.39, 0.29) is 31.8 Å². The molecule has 29 aromatic rings. The Labute approximate surface area is 489 Å². The number of rotatable bonds is 8. The van der Waals surface area contributed by atoms with Crippen molar-refractivity contribution in [1.82, 2.24) is 0 Å². The van der Waals surface area contributed by atoms with Crippen molar-refractivity contribution in [1.29, 1.82) is 0 Å². The number of hydrogen-bond acceptors (Lipinski definition) is 7. The minimum Gasteiger partial charge on any atom is -0.463 e. The second-order valence-corrected chi connectivity index (χ2v) is 31.7. The van der Waals surface area contributed by atoms with E-state index in [1.54, 1.807) is 179 Å². The van der Waals surface area contributed by atoms with Crippen LogP contribution in [0.25, 0.3) is 291 Å². The zero-order valence-electron chi connectivity index (χ0n) is 46.6. The molecule has 37 rings (SSSR count). The molecule has 394 valence electrons. The van der Waals surface area contributed by atoms with Crippen LogP contribution in [0, 0.1) is 0 Å². The first-order valence-electron chi connectivity index (χ1n) is 32.6. The summed E-state index contributed by atoms with van der Waals surface area (Å²) >= 11 is 0. The summed E-state index contributed by atoms with van der Waals surface area (Å²) in [6.07, 6.45) is 5.75. The van der Waals surface area contributed by atoms with Gasteiger partial charge in [0.05, 0.1) is 24.0 Å². The summed E-state index contributed by atoms with van der Waals surface area (Å²) in [6, 6.07) is 8.47. The molecule has 89 heavy (non-hydrogen) atoms. The molecule has 0 N–H and O–H groups in total. The van der Waals surface area contributed by atoms with Crippen LogP contribution in [0.1, 0.15) is 60.1 Å². The van der Waals surface area contributed by atoms with Crippen molar-refractivity contribution in [3.63, 3.8) is 0 Å². The van der Waals surface area contributed by atoms with Crippen molar-refractivity contribution in [3.05, 3.63) is 69.8 Å². The van der Waals surface area contributed by atoms with Crippen molar-refractivity contribution in [2.45, 2.75) is 59.9 Å². The van der Waals surface area contributed by atoms with Gasteiger partial charge >= 0.3 is 11.9 Å². The SMILES string of the molecule is CC(=O)OC[C@@]12CC[C@@](COC[C@]34C=C[C@](COC(C)=O)(O3)c3ccccc34)(O1)C13c4c5c6c7c8c9c(c%10c%11c1c1c4c4c%12c5c5c6c6c8c8c%13c9c9c%10c%10c%11c%11c1c1c4c4c%12c%12c5c5c6c8c6c8c%13c9c9c%10c%10c%11c1c1c4c4c%12c5c6c5c8c9c%10c1c45)C732. The van der Waals surface area contributed by atoms with Crippen molar-refractivity contribution in [2.75, 3.05) is 26.4 Å². The molecule has 0 aromatic heterocycles. The van der Waals surface area contributed by atoms with Gasteiger partial charge in [-0.2, -0.15) is 0 Å². The van der Waals surface area contributed by atoms with E-state index in [0.29, 0.717) is 6.61 Å². The van der Waals surface area contributed by atoms with Gasteiger partial charge in [0, 0.05) is 13.8 Å². The normalized spacial score (nSPS) is 28.2. The smallest absolute Gasteiger partial charge is 0.302 e. The topological polar surface area (TPSA) is 80.3 Å². The summed E-state index contributed by atoms with van der Waals surface area (Å²) in [7, 11) is 0. The lowest BCUT2D eigenvalue weighted by Crippen LogP contribution is -2.68. The molecule has 4 aliphatic carbocycles. The van der Waals surface area contributed by atoms with Crippen LogP contribution in [0.3, 0.4) is 0 Å². The molecule has 2 spiro atoms. The number of ether oxygens (including phenoxy) is 5. The lowest BCUT2D eigenvalue weighted by atomic mass is 9.38. The van der Waals surface area contributed by atoms with Gasteiger partial charge in [0.2, 0.25) is 0 Å². The fourth-order valence-corrected chi connectivity index (χ4v) is 30.0. The summed E-state index contributed by atoms with van der Waals surface area (Å²) in [5, 5.41) is 83.5. The second kappa shape index (κ2) is 8.88. The molecule has 0 unspecified atom stereocenters. The van der Waals surface area contributed by atoms with E-state index in [1.165, 1.54) is 148 Å². The molecule has 8 aliphatic rings. The number of fused-ring (bicyclic) bond motifs is 7. The van der Waals surface area contributed by atoms with Crippen LogP contribution in [0.5, 0.6) is 0 Å². The number of esters is 2. The lowest BCUT2D eigenvalue weighted by Gasteiger charge is -2.60. The van der Waals surface area contributed by atoms with Crippen LogP contribution in [-0.2, 0) is 55.3 Å². The van der Waals surface area contributed by atoms with Crippen LogP contribution in [-0.4, -0.2) is 49.6 Å². The molecular formula is C82H24O7. The maximum atomic E-state index is 14.2. The van der Waals surface area contributed by atoms with Crippen LogP contribution in [0.15, 0.2) is 36.4 Å². The highest BCUT2D eigenvalue weighted by Gasteiger charge is 2.89. The van der Waals surface area contributed by atoms with Crippen molar-refractivity contribution in [3.8, 4) is 0 Å². The highest BCUT2D eigenvalue weighted by atomic mass is 16.6. The molecule has 4 atom stereocenters. The molecule has 0 amide bonds. The van der Waals surface area contributed by atoms with E-state index in [4.69, 9.17) is 23.7 Å². The number of carbonyl (C=O) groups excluding carboxylic acids is 2. The quantitative estimate of drug-likeness (QED) is 0.0852. The van der Waals surface area contributed by atoms with Gasteiger partial charge in [-0.1, -0.05) is 24.3 Å². The molecular weight excluding hydrogens is 1100 g/mol. The summed E-state index contributed by atoms with van der Waals surface area (Å²) < 4.78 is 36.8. The first kappa shape index (κ1) is 37.2. The fraction of sp³-hybridized carbons (Fsp3) is 0.171. The molecule has 0 saturated carbocycles. The Kier molecular flexibility index (Phi) is 3.71. The fourth-order valence-electron chi connectivity index (χ4n) is 30.0. The highest BCUT2D eigenvalue weighted by Crippen LogP contribution is 2.90. The largest absolute Gasteiger partial charge is 0.463 e. The molecule has 4 aliphatic heterocycles. The van der Waals surface area contributed by atoms with Gasteiger partial charge in [-0.3, -0.25) is 9.59 Å². The van der Waals surface area contributed by atoms with Crippen molar-refractivity contribution in [2.24, 2.45) is 0 Å². The average Bonchev–Trinajstić information content (AvgIpc) is 1.38. The van der Waals surface area contributed by atoms with E-state index in [9.17, 15) is 9.59 Å². The van der Waals surface area contributed by atoms with E-state index in [0.717, 1.165) is 24.0 Å². The standard InChI is InChI=1S/C82H24O7/c1-15(83)86-12-78-8-7-77(88-78,17-5-3-4-6-18(17)78)11-85-13-79-9-10-80(89-79,14-87-16(2)84)82-75-67-59-49-39-31-23-20-19-21-25-27(23)35-41-33(25)43-37-29(21)30-22(19)26-28-24(20)32(31)40-46-36(28)42-34(26)44-38(30)48-47(37)57-51(43)61-55(41)63(53(59)45(35)39)71(75)69(61)73-65(57)66-58(48)52(44)62-56(42)64-54(46)60(50(40)49)68(67)76(82)72(64)70(62)74(66)81(73,79)82/h3-8H,9-14H2,1-2H3/t77-,78+,79-,80+,81?,82?/m0/s1. The maximum Gasteiger partial charge on any atom is 0.302 e. The molecule has 2 saturated heterocycles. The Hall–Kier alpha value is -9.76. The van der Waals surface area contributed by atoms with Gasteiger partial charge in [-0.15, -0.1) is 0 Å². The molecule has 0 radical (unpaired) electrons. The molecule has 2 fully saturated rings. The third-order valence-electron chi connectivity index (χ3n) is 30.5. The first-order chi connectivity index (χ1) is 43.8. The summed E-state index contributed by atoms with van der Waals surface area (Å²) in [6.45, 7) is 3.91. The number of hydrogen-bond donors (Lipinski definition) is 0. The van der Waals surface area contributed by atoms with Crippen molar-refractivity contribution >= 4 is 303 Å². The van der Waals surface area contributed by atoms with Gasteiger partial charge in [0.25, 0.3) is 0 Å². The number of benzene rings is 19. The summed E-state index contributed by atoms with van der Waals surface area (Å²) in [5.74, 6) is -0.590. The zero-order chi connectivity index (χ0) is 54.8. The monoisotopic (exact) mass is 1120 g/mol. The molecule has 4 bridgehead atoms. The first-order valence-corrected chi connectivity index (χ1v) is 32.6. The molecule has 4 heterocycles. The third-order valence-corrected chi connectivity index (χ3v) is 30.5. The van der Waals surface area contributed by atoms with E-state index >= 15 is 0 Å². The van der Waals surface area contributed by atoms with E-state index < -0.39 is 33.2 Å². The second-order valence-electron chi connectivity index (χ2n) is 31.7. The summed E-state index contributed by atoms with van der Waals surface area (Å²) in [5.41, 5.74) is 2.74. The van der Waals surface area contributed by atoms with Crippen LogP contribution >= 0.6 is 0 Å². The van der Waals surface area contributed by atoms with Gasteiger partial charge in [-0.05, 0) is 349 Å². The predicted octanol–water partition coefficient (Wildman–Crippen LogP) is 18.4.